The number of benzene rings is 2. The van der Waals surface area contributed by atoms with Crippen molar-refractivity contribution in [1.82, 2.24) is 15.5 Å². The SMILES string of the molecule is CCN(CC)c1ccc(CNC(=O)C2CCN(c3ccc(-c4ccc(C)cc4)nn3)CC2)cc1. The smallest absolute Gasteiger partial charge is 0.223 e. The van der Waals surface area contributed by atoms with Gasteiger partial charge in [-0.3, -0.25) is 4.79 Å². The minimum absolute atomic E-state index is 0.0472. The van der Waals surface area contributed by atoms with Crippen molar-refractivity contribution < 1.29 is 4.79 Å². The Morgan fingerprint density at radius 1 is 0.941 bits per heavy atom. The van der Waals surface area contributed by atoms with Crippen molar-refractivity contribution in [1.29, 1.82) is 0 Å². The second kappa shape index (κ2) is 11.1. The van der Waals surface area contributed by atoms with Gasteiger partial charge in [-0.1, -0.05) is 42.0 Å². The summed E-state index contributed by atoms with van der Waals surface area (Å²) in [6.07, 6.45) is 1.66. The van der Waals surface area contributed by atoms with E-state index >= 15 is 0 Å². The molecule has 2 heterocycles. The predicted octanol–water partition coefficient (Wildman–Crippen LogP) is 4.83. The number of anilines is 2. The zero-order valence-corrected chi connectivity index (χ0v) is 20.5. The zero-order chi connectivity index (χ0) is 23.9. The number of hydrogen-bond donors (Lipinski definition) is 1. The van der Waals surface area contributed by atoms with Crippen molar-refractivity contribution in [2.75, 3.05) is 36.0 Å². The number of rotatable bonds is 8. The quantitative estimate of drug-likeness (QED) is 0.525. The van der Waals surface area contributed by atoms with Crippen molar-refractivity contribution in [3.8, 4) is 11.3 Å². The highest BCUT2D eigenvalue weighted by atomic mass is 16.1. The number of carbonyl (C=O) groups is 1. The van der Waals surface area contributed by atoms with Crippen LogP contribution in [0.25, 0.3) is 11.3 Å². The summed E-state index contributed by atoms with van der Waals surface area (Å²) in [5.74, 6) is 1.07. The summed E-state index contributed by atoms with van der Waals surface area (Å²) >= 11 is 0. The second-order valence-electron chi connectivity index (χ2n) is 8.96. The van der Waals surface area contributed by atoms with Crippen LogP contribution in [-0.4, -0.2) is 42.3 Å². The molecule has 0 spiro atoms. The van der Waals surface area contributed by atoms with Gasteiger partial charge in [0.05, 0.1) is 5.69 Å². The van der Waals surface area contributed by atoms with Crippen LogP contribution in [0, 0.1) is 12.8 Å². The number of aromatic nitrogens is 2. The maximum absolute atomic E-state index is 12.7. The maximum atomic E-state index is 12.7. The first-order valence-electron chi connectivity index (χ1n) is 12.3. The van der Waals surface area contributed by atoms with Crippen molar-refractivity contribution in [2.24, 2.45) is 5.92 Å². The van der Waals surface area contributed by atoms with Crippen LogP contribution in [0.2, 0.25) is 0 Å². The highest BCUT2D eigenvalue weighted by Crippen LogP contribution is 2.24. The van der Waals surface area contributed by atoms with E-state index in [1.165, 1.54) is 11.3 Å². The molecule has 0 radical (unpaired) electrons. The van der Waals surface area contributed by atoms with Gasteiger partial charge in [-0.15, -0.1) is 10.2 Å². The van der Waals surface area contributed by atoms with Crippen molar-refractivity contribution in [3.63, 3.8) is 0 Å². The molecule has 0 aliphatic carbocycles. The van der Waals surface area contributed by atoms with Gasteiger partial charge in [0.2, 0.25) is 5.91 Å². The molecule has 1 saturated heterocycles. The van der Waals surface area contributed by atoms with Gasteiger partial charge < -0.3 is 15.1 Å². The first-order valence-corrected chi connectivity index (χ1v) is 12.3. The van der Waals surface area contributed by atoms with E-state index in [1.54, 1.807) is 0 Å². The van der Waals surface area contributed by atoms with E-state index < -0.39 is 0 Å². The average Bonchev–Trinajstić information content (AvgIpc) is 2.89. The summed E-state index contributed by atoms with van der Waals surface area (Å²) in [5, 5.41) is 12.0. The topological polar surface area (TPSA) is 61.4 Å². The molecule has 1 amide bonds. The third-order valence-corrected chi connectivity index (χ3v) is 6.72. The lowest BCUT2D eigenvalue weighted by atomic mass is 9.96. The molecule has 1 aliphatic rings. The molecular weight excluding hydrogens is 422 g/mol. The monoisotopic (exact) mass is 457 g/mol. The standard InChI is InChI=1S/C28H35N5O/c1-4-32(5-2)25-12-8-22(9-13-25)20-29-28(34)24-16-18-33(19-17-24)27-15-14-26(30-31-27)23-10-6-21(3)7-11-23/h6-15,24H,4-5,16-20H2,1-3H3,(H,29,34). The molecule has 3 aromatic rings. The molecule has 4 rings (SSSR count). The number of aryl methyl sites for hydroxylation is 1. The van der Waals surface area contributed by atoms with Crippen LogP contribution >= 0.6 is 0 Å². The summed E-state index contributed by atoms with van der Waals surface area (Å²) < 4.78 is 0. The van der Waals surface area contributed by atoms with Gasteiger partial charge in [-0.05, 0) is 63.4 Å². The van der Waals surface area contributed by atoms with E-state index in [4.69, 9.17) is 0 Å². The molecule has 6 heteroatoms. The lowest BCUT2D eigenvalue weighted by Crippen LogP contribution is -2.40. The molecule has 34 heavy (non-hydrogen) atoms. The fourth-order valence-corrected chi connectivity index (χ4v) is 4.49. The van der Waals surface area contributed by atoms with Crippen LogP contribution < -0.4 is 15.1 Å². The number of amides is 1. The molecule has 1 aromatic heterocycles. The number of piperidine rings is 1. The van der Waals surface area contributed by atoms with E-state index in [0.717, 1.165) is 61.7 Å². The van der Waals surface area contributed by atoms with Crippen molar-refractivity contribution in [3.05, 3.63) is 71.8 Å². The molecule has 1 aliphatic heterocycles. The molecule has 6 nitrogen and oxygen atoms in total. The van der Waals surface area contributed by atoms with Gasteiger partial charge in [0.1, 0.15) is 0 Å². The normalized spacial score (nSPS) is 14.1. The number of carbonyl (C=O) groups excluding carboxylic acids is 1. The molecule has 1 fully saturated rings. The molecule has 0 bridgehead atoms. The van der Waals surface area contributed by atoms with Crippen LogP contribution in [0.3, 0.4) is 0 Å². The Hall–Kier alpha value is -3.41. The molecule has 0 saturated carbocycles. The Morgan fingerprint density at radius 2 is 1.62 bits per heavy atom. The van der Waals surface area contributed by atoms with E-state index in [2.05, 4.69) is 94.6 Å². The van der Waals surface area contributed by atoms with Crippen LogP contribution in [0.15, 0.2) is 60.7 Å². The lowest BCUT2D eigenvalue weighted by molar-refractivity contribution is -0.125. The Balaban J connectivity index is 1.25. The Labute approximate surface area is 203 Å². The average molecular weight is 458 g/mol. The summed E-state index contributed by atoms with van der Waals surface area (Å²) in [6, 6.07) is 20.9. The number of nitrogens with one attached hydrogen (secondary N) is 1. The molecule has 0 unspecified atom stereocenters. The van der Waals surface area contributed by atoms with Gasteiger partial charge >= 0.3 is 0 Å². The molecule has 178 valence electrons. The van der Waals surface area contributed by atoms with E-state index in [-0.39, 0.29) is 11.8 Å². The third-order valence-electron chi connectivity index (χ3n) is 6.72. The predicted molar refractivity (Wildman–Crippen MR) is 139 cm³/mol. The highest BCUT2D eigenvalue weighted by Gasteiger charge is 2.25. The minimum Gasteiger partial charge on any atom is -0.372 e. The van der Waals surface area contributed by atoms with Gasteiger partial charge in [-0.25, -0.2) is 0 Å². The molecule has 0 atom stereocenters. The highest BCUT2D eigenvalue weighted by molar-refractivity contribution is 5.79. The van der Waals surface area contributed by atoms with Crippen LogP contribution in [-0.2, 0) is 11.3 Å². The van der Waals surface area contributed by atoms with Gasteiger partial charge in [0, 0.05) is 49.9 Å². The van der Waals surface area contributed by atoms with Gasteiger partial charge in [0.15, 0.2) is 5.82 Å². The minimum atomic E-state index is 0.0472. The largest absolute Gasteiger partial charge is 0.372 e. The van der Waals surface area contributed by atoms with Crippen LogP contribution in [0.5, 0.6) is 0 Å². The van der Waals surface area contributed by atoms with E-state index in [1.807, 2.05) is 12.1 Å². The van der Waals surface area contributed by atoms with E-state index in [0.29, 0.717) is 6.54 Å². The second-order valence-corrected chi connectivity index (χ2v) is 8.96. The summed E-state index contributed by atoms with van der Waals surface area (Å²) in [7, 11) is 0. The third kappa shape index (κ3) is 5.74. The van der Waals surface area contributed by atoms with Crippen molar-refractivity contribution >= 4 is 17.4 Å². The first-order chi connectivity index (χ1) is 16.6. The lowest BCUT2D eigenvalue weighted by Gasteiger charge is -2.31. The molecular formula is C28H35N5O. The number of hydrogen-bond acceptors (Lipinski definition) is 5. The van der Waals surface area contributed by atoms with Gasteiger partial charge in [0.25, 0.3) is 0 Å². The maximum Gasteiger partial charge on any atom is 0.223 e. The van der Waals surface area contributed by atoms with Crippen LogP contribution in [0.1, 0.15) is 37.8 Å². The summed E-state index contributed by atoms with van der Waals surface area (Å²) in [5.41, 5.74) is 5.53. The zero-order valence-electron chi connectivity index (χ0n) is 20.5. The Morgan fingerprint density at radius 3 is 2.21 bits per heavy atom. The first kappa shape index (κ1) is 23.7. The summed E-state index contributed by atoms with van der Waals surface area (Å²) in [4.78, 5) is 17.3. The summed E-state index contributed by atoms with van der Waals surface area (Å²) in [6.45, 7) is 10.6. The fraction of sp³-hybridized carbons (Fsp3) is 0.393. The number of nitrogens with zero attached hydrogens (tertiary/aromatic N) is 4. The Kier molecular flexibility index (Phi) is 7.78. The van der Waals surface area contributed by atoms with Gasteiger partial charge in [-0.2, -0.15) is 0 Å². The van der Waals surface area contributed by atoms with E-state index in [9.17, 15) is 4.79 Å². The fourth-order valence-electron chi connectivity index (χ4n) is 4.49. The molecule has 2 aromatic carbocycles. The van der Waals surface area contributed by atoms with Crippen LogP contribution in [0.4, 0.5) is 11.5 Å². The Bertz CT molecular complexity index is 1050. The van der Waals surface area contributed by atoms with Crippen molar-refractivity contribution in [2.45, 2.75) is 40.2 Å². The molecule has 1 N–H and O–H groups in total.